The van der Waals surface area contributed by atoms with Crippen LogP contribution >= 0.6 is 0 Å². The van der Waals surface area contributed by atoms with Crippen LogP contribution in [0.4, 0.5) is 5.69 Å². The summed E-state index contributed by atoms with van der Waals surface area (Å²) in [5.41, 5.74) is 6.39. The summed E-state index contributed by atoms with van der Waals surface area (Å²) >= 11 is 0. The predicted octanol–water partition coefficient (Wildman–Crippen LogP) is 2.37. The SMILES string of the molecule is Nc1ccc2c(S(=O)(=O)N3CC=CCC3)cccc2c1. The molecule has 0 fully saturated rings. The molecule has 2 aromatic carbocycles. The van der Waals surface area contributed by atoms with Gasteiger partial charge in [-0.1, -0.05) is 30.4 Å². The van der Waals surface area contributed by atoms with Crippen LogP contribution in [0.3, 0.4) is 0 Å². The van der Waals surface area contributed by atoms with Gasteiger partial charge >= 0.3 is 0 Å². The van der Waals surface area contributed by atoms with Crippen LogP contribution in [0, 0.1) is 0 Å². The molecular formula is C15H16N2O2S. The monoisotopic (exact) mass is 288 g/mol. The molecule has 1 aliphatic rings. The van der Waals surface area contributed by atoms with E-state index in [2.05, 4.69) is 0 Å². The number of anilines is 1. The molecule has 0 radical (unpaired) electrons. The van der Waals surface area contributed by atoms with E-state index in [0.717, 1.165) is 17.2 Å². The Labute approximate surface area is 118 Å². The van der Waals surface area contributed by atoms with E-state index in [1.165, 1.54) is 4.31 Å². The molecule has 4 nitrogen and oxygen atoms in total. The van der Waals surface area contributed by atoms with E-state index >= 15 is 0 Å². The topological polar surface area (TPSA) is 63.4 Å². The molecular weight excluding hydrogens is 272 g/mol. The third-order valence-electron chi connectivity index (χ3n) is 3.50. The van der Waals surface area contributed by atoms with E-state index in [1.54, 1.807) is 30.3 Å². The van der Waals surface area contributed by atoms with Gasteiger partial charge in [0.05, 0.1) is 4.90 Å². The smallest absolute Gasteiger partial charge is 0.243 e. The Hall–Kier alpha value is -1.85. The Bertz CT molecular complexity index is 782. The molecule has 3 rings (SSSR count). The van der Waals surface area contributed by atoms with Crippen molar-refractivity contribution in [2.45, 2.75) is 11.3 Å². The highest BCUT2D eigenvalue weighted by Gasteiger charge is 2.25. The largest absolute Gasteiger partial charge is 0.399 e. The Balaban J connectivity index is 2.16. The zero-order valence-corrected chi connectivity index (χ0v) is 11.8. The molecule has 0 amide bonds. The molecule has 20 heavy (non-hydrogen) atoms. The second-order valence-corrected chi connectivity index (χ2v) is 6.77. The Morgan fingerprint density at radius 3 is 2.70 bits per heavy atom. The Morgan fingerprint density at radius 1 is 1.10 bits per heavy atom. The Kier molecular flexibility index (Phi) is 3.23. The van der Waals surface area contributed by atoms with Crippen molar-refractivity contribution in [2.75, 3.05) is 18.8 Å². The lowest BCUT2D eigenvalue weighted by molar-refractivity contribution is 0.438. The second kappa shape index (κ2) is 4.92. The number of sulfonamides is 1. The first-order valence-electron chi connectivity index (χ1n) is 6.52. The molecule has 0 unspecified atom stereocenters. The fourth-order valence-electron chi connectivity index (χ4n) is 2.47. The normalized spacial score (nSPS) is 16.6. The average Bonchev–Trinajstić information content (AvgIpc) is 2.47. The summed E-state index contributed by atoms with van der Waals surface area (Å²) in [5, 5.41) is 1.56. The van der Waals surface area contributed by atoms with Crippen LogP contribution in [-0.4, -0.2) is 25.8 Å². The molecule has 0 bridgehead atoms. The van der Waals surface area contributed by atoms with Gasteiger partial charge in [-0.25, -0.2) is 8.42 Å². The van der Waals surface area contributed by atoms with Crippen LogP contribution in [-0.2, 0) is 10.0 Å². The third kappa shape index (κ3) is 2.19. The summed E-state index contributed by atoms with van der Waals surface area (Å²) in [6, 6.07) is 10.6. The summed E-state index contributed by atoms with van der Waals surface area (Å²) in [6.45, 7) is 0.970. The van der Waals surface area contributed by atoms with Gasteiger partial charge in [0, 0.05) is 24.2 Å². The number of hydrogen-bond donors (Lipinski definition) is 1. The first-order chi connectivity index (χ1) is 9.59. The Morgan fingerprint density at radius 2 is 1.95 bits per heavy atom. The van der Waals surface area contributed by atoms with E-state index in [-0.39, 0.29) is 0 Å². The first kappa shape index (κ1) is 13.1. The lowest BCUT2D eigenvalue weighted by atomic mass is 10.1. The van der Waals surface area contributed by atoms with Crippen LogP contribution in [0.5, 0.6) is 0 Å². The van der Waals surface area contributed by atoms with Crippen molar-refractivity contribution in [1.29, 1.82) is 0 Å². The van der Waals surface area contributed by atoms with E-state index in [4.69, 9.17) is 5.73 Å². The number of nitrogens with two attached hydrogens (primary N) is 1. The number of benzene rings is 2. The molecule has 5 heteroatoms. The standard InChI is InChI=1S/C15H16N2O2S/c16-13-7-8-14-12(11-13)5-4-6-15(14)20(18,19)17-9-2-1-3-10-17/h1-2,4-8,11H,3,9-10,16H2. The number of nitrogens with zero attached hydrogens (tertiary/aromatic N) is 1. The molecule has 0 saturated heterocycles. The summed E-state index contributed by atoms with van der Waals surface area (Å²) in [7, 11) is -3.46. The molecule has 0 aliphatic carbocycles. The fourth-order valence-corrected chi connectivity index (χ4v) is 4.10. The summed E-state index contributed by atoms with van der Waals surface area (Å²) in [6.07, 6.45) is 4.66. The van der Waals surface area contributed by atoms with Gasteiger partial charge in [0.1, 0.15) is 0 Å². The van der Waals surface area contributed by atoms with Gasteiger partial charge in [-0.05, 0) is 30.0 Å². The third-order valence-corrected chi connectivity index (χ3v) is 5.43. The molecule has 2 aromatic rings. The van der Waals surface area contributed by atoms with E-state index in [1.807, 2.05) is 18.2 Å². The zero-order chi connectivity index (χ0) is 14.2. The summed E-state index contributed by atoms with van der Waals surface area (Å²) < 4.78 is 27.0. The van der Waals surface area contributed by atoms with Gasteiger partial charge in [-0.15, -0.1) is 0 Å². The molecule has 1 heterocycles. The minimum Gasteiger partial charge on any atom is -0.399 e. The maximum absolute atomic E-state index is 12.7. The highest BCUT2D eigenvalue weighted by Crippen LogP contribution is 2.27. The van der Waals surface area contributed by atoms with Gasteiger partial charge in [-0.2, -0.15) is 4.31 Å². The molecule has 104 valence electrons. The second-order valence-electron chi connectivity index (χ2n) is 4.86. The number of fused-ring (bicyclic) bond motifs is 1. The van der Waals surface area contributed by atoms with Crippen molar-refractivity contribution >= 4 is 26.5 Å². The summed E-state index contributed by atoms with van der Waals surface area (Å²) in [4.78, 5) is 0.352. The van der Waals surface area contributed by atoms with Crippen molar-refractivity contribution in [2.24, 2.45) is 0 Å². The summed E-state index contributed by atoms with van der Waals surface area (Å²) in [5.74, 6) is 0. The number of hydrogen-bond acceptors (Lipinski definition) is 3. The lowest BCUT2D eigenvalue weighted by Crippen LogP contribution is -2.33. The van der Waals surface area contributed by atoms with Crippen LogP contribution in [0.2, 0.25) is 0 Å². The van der Waals surface area contributed by atoms with E-state index in [0.29, 0.717) is 23.7 Å². The van der Waals surface area contributed by atoms with Crippen molar-refractivity contribution < 1.29 is 8.42 Å². The minimum absolute atomic E-state index is 0.352. The maximum Gasteiger partial charge on any atom is 0.243 e. The molecule has 0 saturated carbocycles. The molecule has 1 aliphatic heterocycles. The van der Waals surface area contributed by atoms with Gasteiger partial charge in [0.2, 0.25) is 10.0 Å². The molecule has 0 spiro atoms. The van der Waals surface area contributed by atoms with Crippen molar-refractivity contribution in [3.63, 3.8) is 0 Å². The van der Waals surface area contributed by atoms with Crippen molar-refractivity contribution in [1.82, 2.24) is 4.31 Å². The fraction of sp³-hybridized carbons (Fsp3) is 0.200. The first-order valence-corrected chi connectivity index (χ1v) is 7.96. The average molecular weight is 288 g/mol. The van der Waals surface area contributed by atoms with Gasteiger partial charge in [0.15, 0.2) is 0 Å². The van der Waals surface area contributed by atoms with Crippen LogP contribution in [0.15, 0.2) is 53.4 Å². The van der Waals surface area contributed by atoms with Crippen LogP contribution in [0.25, 0.3) is 10.8 Å². The number of nitrogen functional groups attached to an aromatic ring is 1. The lowest BCUT2D eigenvalue weighted by Gasteiger charge is -2.23. The predicted molar refractivity (Wildman–Crippen MR) is 80.9 cm³/mol. The van der Waals surface area contributed by atoms with Crippen LogP contribution in [0.1, 0.15) is 6.42 Å². The maximum atomic E-state index is 12.7. The van der Waals surface area contributed by atoms with Gasteiger partial charge in [0.25, 0.3) is 0 Å². The molecule has 2 N–H and O–H groups in total. The quantitative estimate of drug-likeness (QED) is 0.681. The molecule has 0 atom stereocenters. The molecule has 0 aromatic heterocycles. The van der Waals surface area contributed by atoms with Crippen molar-refractivity contribution in [3.05, 3.63) is 48.6 Å². The van der Waals surface area contributed by atoms with E-state index < -0.39 is 10.0 Å². The number of rotatable bonds is 2. The van der Waals surface area contributed by atoms with Crippen LogP contribution < -0.4 is 5.73 Å². The van der Waals surface area contributed by atoms with Gasteiger partial charge in [-0.3, -0.25) is 0 Å². The highest BCUT2D eigenvalue weighted by atomic mass is 32.2. The minimum atomic E-state index is -3.46. The van der Waals surface area contributed by atoms with E-state index in [9.17, 15) is 8.42 Å². The highest BCUT2D eigenvalue weighted by molar-refractivity contribution is 7.89. The van der Waals surface area contributed by atoms with Crippen molar-refractivity contribution in [3.8, 4) is 0 Å². The zero-order valence-electron chi connectivity index (χ0n) is 11.0. The van der Waals surface area contributed by atoms with Gasteiger partial charge < -0.3 is 5.73 Å².